The number of anilines is 2. The highest BCUT2D eigenvalue weighted by atomic mass is 16.5. The van der Waals surface area contributed by atoms with Gasteiger partial charge in [0.2, 0.25) is 0 Å². The number of aromatic amines is 1. The highest BCUT2D eigenvalue weighted by Crippen LogP contribution is 2.24. The monoisotopic (exact) mass is 246 g/mol. The SMILES string of the molecule is COC(=O)c1ccccc1N(C=N)c1nn[nH]n1. The molecule has 2 N–H and O–H groups in total. The van der Waals surface area contributed by atoms with Crippen LogP contribution in [0.5, 0.6) is 0 Å². The summed E-state index contributed by atoms with van der Waals surface area (Å²) >= 11 is 0. The Bertz CT molecular complexity index is 553. The Balaban J connectivity index is 2.49. The van der Waals surface area contributed by atoms with Crippen molar-refractivity contribution < 1.29 is 9.53 Å². The molecule has 8 nitrogen and oxygen atoms in total. The molecule has 1 heterocycles. The van der Waals surface area contributed by atoms with E-state index in [4.69, 9.17) is 5.41 Å². The maximum atomic E-state index is 11.6. The van der Waals surface area contributed by atoms with Gasteiger partial charge in [-0.1, -0.05) is 17.2 Å². The van der Waals surface area contributed by atoms with Crippen LogP contribution in [0.25, 0.3) is 0 Å². The standard InChI is InChI=1S/C10H10N6O2/c1-18-9(17)7-4-2-3-5-8(7)16(6-11)10-12-14-15-13-10/h2-6,11H,1H3,(H,12,13,14,15). The number of H-pyrrole nitrogens is 1. The molecule has 0 atom stereocenters. The lowest BCUT2D eigenvalue weighted by Crippen LogP contribution is -2.19. The second-order valence-corrected chi connectivity index (χ2v) is 3.22. The first kappa shape index (κ1) is 11.7. The average molecular weight is 246 g/mol. The number of benzene rings is 1. The van der Waals surface area contributed by atoms with Crippen molar-refractivity contribution in [1.29, 1.82) is 5.41 Å². The number of ether oxygens (including phenoxy) is 1. The largest absolute Gasteiger partial charge is 0.465 e. The van der Waals surface area contributed by atoms with E-state index in [1.165, 1.54) is 12.0 Å². The molecule has 0 amide bonds. The molecule has 0 bridgehead atoms. The summed E-state index contributed by atoms with van der Waals surface area (Å²) in [6.07, 6.45) is 0.993. The van der Waals surface area contributed by atoms with E-state index in [2.05, 4.69) is 25.4 Å². The van der Waals surface area contributed by atoms with Crippen molar-refractivity contribution in [1.82, 2.24) is 20.6 Å². The van der Waals surface area contributed by atoms with Crippen LogP contribution in [-0.2, 0) is 4.74 Å². The number of esters is 1. The fraction of sp³-hybridized carbons (Fsp3) is 0.100. The highest BCUT2D eigenvalue weighted by Gasteiger charge is 2.19. The molecule has 0 aliphatic heterocycles. The van der Waals surface area contributed by atoms with Gasteiger partial charge in [-0.15, -0.1) is 5.10 Å². The van der Waals surface area contributed by atoms with E-state index in [-0.39, 0.29) is 5.95 Å². The Hall–Kier alpha value is -2.77. The second-order valence-electron chi connectivity index (χ2n) is 3.22. The van der Waals surface area contributed by atoms with Crippen molar-refractivity contribution in [2.75, 3.05) is 12.0 Å². The summed E-state index contributed by atoms with van der Waals surface area (Å²) in [5, 5.41) is 20.6. The fourth-order valence-corrected chi connectivity index (χ4v) is 1.46. The van der Waals surface area contributed by atoms with Crippen molar-refractivity contribution in [3.63, 3.8) is 0 Å². The minimum Gasteiger partial charge on any atom is -0.465 e. The third-order valence-corrected chi connectivity index (χ3v) is 2.25. The zero-order valence-corrected chi connectivity index (χ0v) is 9.49. The quantitative estimate of drug-likeness (QED) is 0.467. The summed E-state index contributed by atoms with van der Waals surface area (Å²) in [4.78, 5) is 13.0. The molecule has 0 saturated heterocycles. The first-order chi connectivity index (χ1) is 8.77. The summed E-state index contributed by atoms with van der Waals surface area (Å²) in [6.45, 7) is 0. The molecule has 92 valence electrons. The number of nitrogens with one attached hydrogen (secondary N) is 2. The Morgan fingerprint density at radius 1 is 1.50 bits per heavy atom. The molecule has 2 aromatic rings. The summed E-state index contributed by atoms with van der Waals surface area (Å²) in [5.41, 5.74) is 0.758. The van der Waals surface area contributed by atoms with Crippen molar-refractivity contribution >= 4 is 23.9 Å². The molecule has 1 aromatic carbocycles. The van der Waals surface area contributed by atoms with Crippen LogP contribution in [-0.4, -0.2) is 40.0 Å². The Kier molecular flexibility index (Phi) is 3.28. The normalized spacial score (nSPS) is 9.83. The van der Waals surface area contributed by atoms with Crippen molar-refractivity contribution in [3.05, 3.63) is 29.8 Å². The number of hydrogen-bond donors (Lipinski definition) is 2. The zero-order valence-electron chi connectivity index (χ0n) is 9.49. The van der Waals surface area contributed by atoms with Crippen molar-refractivity contribution in [3.8, 4) is 0 Å². The average Bonchev–Trinajstić information content (AvgIpc) is 2.93. The second kappa shape index (κ2) is 5.04. The molecule has 0 aliphatic rings. The fourth-order valence-electron chi connectivity index (χ4n) is 1.46. The topological polar surface area (TPSA) is 108 Å². The molecular weight excluding hydrogens is 236 g/mol. The van der Waals surface area contributed by atoms with Crippen LogP contribution in [0, 0.1) is 5.41 Å². The summed E-state index contributed by atoms with van der Waals surface area (Å²) in [5.74, 6) is -0.331. The van der Waals surface area contributed by atoms with Crippen molar-refractivity contribution in [2.24, 2.45) is 0 Å². The molecule has 0 fully saturated rings. The third-order valence-electron chi connectivity index (χ3n) is 2.25. The van der Waals surface area contributed by atoms with E-state index in [0.717, 1.165) is 6.34 Å². The molecular formula is C10H10N6O2. The first-order valence-electron chi connectivity index (χ1n) is 4.98. The summed E-state index contributed by atoms with van der Waals surface area (Å²) in [7, 11) is 1.29. The predicted octanol–water partition coefficient (Wildman–Crippen LogP) is 0.731. The van der Waals surface area contributed by atoms with Gasteiger partial charge in [0, 0.05) is 0 Å². The summed E-state index contributed by atoms with van der Waals surface area (Å²) < 4.78 is 4.68. The molecule has 0 unspecified atom stereocenters. The van der Waals surface area contributed by atoms with Crippen LogP contribution in [0.2, 0.25) is 0 Å². The van der Waals surface area contributed by atoms with Gasteiger partial charge < -0.3 is 4.74 Å². The number of rotatable bonds is 4. The molecule has 1 aromatic heterocycles. The van der Waals surface area contributed by atoms with Gasteiger partial charge in [-0.3, -0.25) is 10.3 Å². The van der Waals surface area contributed by atoms with E-state index >= 15 is 0 Å². The maximum Gasteiger partial charge on any atom is 0.339 e. The van der Waals surface area contributed by atoms with Crippen LogP contribution in [0.15, 0.2) is 24.3 Å². The molecule has 0 radical (unpaired) electrons. The Labute approximate surface area is 102 Å². The number of carbonyl (C=O) groups excluding carboxylic acids is 1. The van der Waals surface area contributed by atoms with Crippen LogP contribution in [0.1, 0.15) is 10.4 Å². The first-order valence-corrected chi connectivity index (χ1v) is 4.98. The molecule has 0 spiro atoms. The summed E-state index contributed by atoms with van der Waals surface area (Å²) in [6, 6.07) is 6.69. The molecule has 18 heavy (non-hydrogen) atoms. The lowest BCUT2D eigenvalue weighted by Gasteiger charge is -2.16. The number of methoxy groups -OCH3 is 1. The van der Waals surface area contributed by atoms with E-state index in [0.29, 0.717) is 11.3 Å². The van der Waals surface area contributed by atoms with Crippen LogP contribution >= 0.6 is 0 Å². The van der Waals surface area contributed by atoms with Gasteiger partial charge in [0.05, 0.1) is 24.7 Å². The van der Waals surface area contributed by atoms with Gasteiger partial charge in [0.1, 0.15) is 0 Å². The minimum absolute atomic E-state index is 0.168. The van der Waals surface area contributed by atoms with Gasteiger partial charge in [0.25, 0.3) is 5.95 Å². The van der Waals surface area contributed by atoms with Crippen LogP contribution < -0.4 is 4.90 Å². The smallest absolute Gasteiger partial charge is 0.339 e. The van der Waals surface area contributed by atoms with E-state index in [1.54, 1.807) is 24.3 Å². The molecule has 0 aliphatic carbocycles. The van der Waals surface area contributed by atoms with Gasteiger partial charge in [-0.05, 0) is 17.3 Å². The molecule has 0 saturated carbocycles. The maximum absolute atomic E-state index is 11.6. The van der Waals surface area contributed by atoms with Gasteiger partial charge >= 0.3 is 5.97 Å². The van der Waals surface area contributed by atoms with E-state index < -0.39 is 5.97 Å². The Morgan fingerprint density at radius 2 is 2.28 bits per heavy atom. The zero-order chi connectivity index (χ0) is 13.0. The highest BCUT2D eigenvalue weighted by molar-refractivity contribution is 6.00. The van der Waals surface area contributed by atoms with Gasteiger partial charge in [0.15, 0.2) is 0 Å². The number of tetrazole rings is 1. The number of aromatic nitrogens is 4. The third kappa shape index (κ3) is 2.03. The number of para-hydroxylation sites is 1. The number of nitrogens with zero attached hydrogens (tertiary/aromatic N) is 4. The van der Waals surface area contributed by atoms with E-state index in [9.17, 15) is 4.79 Å². The Morgan fingerprint density at radius 3 is 2.89 bits per heavy atom. The molecule has 8 heteroatoms. The van der Waals surface area contributed by atoms with Crippen LogP contribution in [0.3, 0.4) is 0 Å². The van der Waals surface area contributed by atoms with Crippen LogP contribution in [0.4, 0.5) is 11.6 Å². The van der Waals surface area contributed by atoms with E-state index in [1.807, 2.05) is 0 Å². The predicted molar refractivity (Wildman–Crippen MR) is 62.9 cm³/mol. The number of carbonyl (C=O) groups is 1. The lowest BCUT2D eigenvalue weighted by atomic mass is 10.1. The number of hydrogen-bond acceptors (Lipinski definition) is 6. The minimum atomic E-state index is -0.499. The van der Waals surface area contributed by atoms with Gasteiger partial charge in [-0.2, -0.15) is 5.21 Å². The van der Waals surface area contributed by atoms with Crippen molar-refractivity contribution in [2.45, 2.75) is 0 Å². The molecule has 2 rings (SSSR count). The lowest BCUT2D eigenvalue weighted by molar-refractivity contribution is 0.0601. The van der Waals surface area contributed by atoms with Gasteiger partial charge in [-0.25, -0.2) is 4.79 Å².